The van der Waals surface area contributed by atoms with Crippen molar-refractivity contribution >= 4 is 21.6 Å². The average Bonchev–Trinajstić information content (AvgIpc) is 3.30. The molecule has 1 amide bonds. The molecule has 0 saturated carbocycles. The van der Waals surface area contributed by atoms with Gasteiger partial charge in [0.25, 0.3) is 0 Å². The minimum absolute atomic E-state index is 0.0949. The predicted octanol–water partition coefficient (Wildman–Crippen LogP) is 0.433. The number of hydrogen-bond acceptors (Lipinski definition) is 6. The van der Waals surface area contributed by atoms with E-state index in [4.69, 9.17) is 4.74 Å². The smallest absolute Gasteiger partial charge is 0.240 e. The van der Waals surface area contributed by atoms with Crippen molar-refractivity contribution < 1.29 is 28.2 Å². The Morgan fingerprint density at radius 3 is 2.47 bits per heavy atom. The van der Waals surface area contributed by atoms with Crippen LogP contribution in [0.2, 0.25) is 0 Å². The van der Waals surface area contributed by atoms with Gasteiger partial charge in [-0.2, -0.15) is 0 Å². The van der Waals surface area contributed by atoms with Crippen LogP contribution in [-0.2, 0) is 26.0 Å². The summed E-state index contributed by atoms with van der Waals surface area (Å²) in [4.78, 5) is 14.5. The summed E-state index contributed by atoms with van der Waals surface area (Å²) in [5, 5.41) is 20.6. The molecule has 1 fully saturated rings. The molecule has 30 heavy (non-hydrogen) atoms. The molecule has 4 rings (SSSR count). The molecular formula is C21H24N2O6S. The summed E-state index contributed by atoms with van der Waals surface area (Å²) in [6.45, 7) is 0.344. The average molecular weight is 432 g/mol. The van der Waals surface area contributed by atoms with E-state index in [1.54, 1.807) is 23.1 Å². The maximum absolute atomic E-state index is 12.8. The fourth-order valence-electron chi connectivity index (χ4n) is 3.92. The van der Waals surface area contributed by atoms with E-state index in [0.29, 0.717) is 6.54 Å². The van der Waals surface area contributed by atoms with E-state index in [1.807, 2.05) is 24.3 Å². The van der Waals surface area contributed by atoms with Gasteiger partial charge in [0.2, 0.25) is 15.9 Å². The molecule has 0 aromatic heterocycles. The minimum atomic E-state index is -3.77. The van der Waals surface area contributed by atoms with Gasteiger partial charge >= 0.3 is 0 Å². The number of amides is 1. The highest BCUT2D eigenvalue weighted by molar-refractivity contribution is 7.89. The second-order valence-corrected chi connectivity index (χ2v) is 9.25. The number of carbonyl (C=O) groups is 1. The Kier molecular flexibility index (Phi) is 5.90. The van der Waals surface area contributed by atoms with E-state index in [0.717, 1.165) is 17.7 Å². The lowest BCUT2D eigenvalue weighted by Crippen LogP contribution is -2.40. The van der Waals surface area contributed by atoms with Crippen LogP contribution in [0.4, 0.5) is 5.69 Å². The number of nitrogens with one attached hydrogen (secondary N) is 1. The molecule has 0 bridgehead atoms. The van der Waals surface area contributed by atoms with Crippen LogP contribution in [0.15, 0.2) is 59.5 Å². The number of aliphatic hydroxyl groups excluding tert-OH is 2. The maximum Gasteiger partial charge on any atom is 0.240 e. The molecule has 2 aliphatic rings. The van der Waals surface area contributed by atoms with Crippen LogP contribution >= 0.6 is 0 Å². The van der Waals surface area contributed by atoms with E-state index < -0.39 is 34.4 Å². The van der Waals surface area contributed by atoms with Gasteiger partial charge in [0, 0.05) is 18.8 Å². The van der Waals surface area contributed by atoms with Gasteiger partial charge in [-0.05, 0) is 30.2 Å². The Morgan fingerprint density at radius 1 is 1.03 bits per heavy atom. The first-order chi connectivity index (χ1) is 14.4. The van der Waals surface area contributed by atoms with Crippen molar-refractivity contribution in [2.24, 2.45) is 0 Å². The van der Waals surface area contributed by atoms with Crippen molar-refractivity contribution in [1.29, 1.82) is 0 Å². The number of carbonyl (C=O) groups excluding carboxylic acids is 1. The fraction of sp³-hybridized carbons (Fsp3) is 0.381. The van der Waals surface area contributed by atoms with Crippen molar-refractivity contribution in [3.8, 4) is 0 Å². The van der Waals surface area contributed by atoms with E-state index in [9.17, 15) is 23.4 Å². The zero-order chi connectivity index (χ0) is 21.3. The van der Waals surface area contributed by atoms with Crippen LogP contribution < -0.4 is 9.62 Å². The van der Waals surface area contributed by atoms with E-state index in [1.165, 1.54) is 12.1 Å². The number of rotatable bonds is 6. The normalized spacial score (nSPS) is 26.0. The Hall–Kier alpha value is -2.30. The number of anilines is 1. The number of aliphatic hydroxyl groups is 2. The van der Waals surface area contributed by atoms with Crippen LogP contribution in [0.1, 0.15) is 12.0 Å². The highest BCUT2D eigenvalue weighted by Crippen LogP contribution is 2.30. The number of para-hydroxylation sites is 1. The van der Waals surface area contributed by atoms with Crippen LogP contribution in [0.3, 0.4) is 0 Å². The molecule has 4 atom stereocenters. The molecule has 8 nitrogen and oxygen atoms in total. The molecule has 2 heterocycles. The van der Waals surface area contributed by atoms with Crippen molar-refractivity contribution in [2.75, 3.05) is 18.0 Å². The van der Waals surface area contributed by atoms with Crippen LogP contribution in [0.25, 0.3) is 0 Å². The molecular weight excluding hydrogens is 408 g/mol. The number of ether oxygens (including phenoxy) is 1. The van der Waals surface area contributed by atoms with Crippen molar-refractivity contribution in [3.63, 3.8) is 0 Å². The summed E-state index contributed by atoms with van der Waals surface area (Å²) < 4.78 is 32.8. The van der Waals surface area contributed by atoms with Gasteiger partial charge in [-0.3, -0.25) is 4.79 Å². The molecule has 0 spiro atoms. The first-order valence-electron chi connectivity index (χ1n) is 9.81. The molecule has 9 heteroatoms. The molecule has 2 aromatic rings. The van der Waals surface area contributed by atoms with Gasteiger partial charge in [-0.1, -0.05) is 36.4 Å². The van der Waals surface area contributed by atoms with Crippen molar-refractivity contribution in [2.45, 2.75) is 42.2 Å². The summed E-state index contributed by atoms with van der Waals surface area (Å²) in [6.07, 6.45) is -3.78. The third-order valence-electron chi connectivity index (χ3n) is 5.55. The largest absolute Gasteiger partial charge is 0.388 e. The second-order valence-electron chi connectivity index (χ2n) is 7.49. The number of nitrogens with zero attached hydrogens (tertiary/aromatic N) is 1. The van der Waals surface area contributed by atoms with Gasteiger partial charge in [-0.15, -0.1) is 0 Å². The van der Waals surface area contributed by atoms with E-state index >= 15 is 0 Å². The standard InChI is InChI=1S/C21H24N2O6S/c24-19(23-11-10-14-6-4-5-9-16(14)23)12-17-20(25)21(26)18(29-17)13-22-30(27,28)15-7-2-1-3-8-15/h1-9,17-18,20-22,25-26H,10-13H2. The third-order valence-corrected chi connectivity index (χ3v) is 6.99. The lowest BCUT2D eigenvalue weighted by molar-refractivity contribution is -0.122. The monoisotopic (exact) mass is 432 g/mol. The lowest BCUT2D eigenvalue weighted by atomic mass is 10.1. The Balaban J connectivity index is 1.37. The Labute approximate surface area is 175 Å². The highest BCUT2D eigenvalue weighted by Gasteiger charge is 2.44. The van der Waals surface area contributed by atoms with E-state index in [2.05, 4.69) is 4.72 Å². The minimum Gasteiger partial charge on any atom is -0.388 e. The summed E-state index contributed by atoms with van der Waals surface area (Å²) in [6, 6.07) is 15.5. The molecule has 1 saturated heterocycles. The maximum atomic E-state index is 12.8. The summed E-state index contributed by atoms with van der Waals surface area (Å²) in [5.74, 6) is -0.207. The van der Waals surface area contributed by atoms with Gasteiger partial charge in [0.15, 0.2) is 0 Å². The van der Waals surface area contributed by atoms with Crippen LogP contribution in [-0.4, -0.2) is 62.0 Å². The quantitative estimate of drug-likeness (QED) is 0.610. The van der Waals surface area contributed by atoms with Gasteiger partial charge in [0.1, 0.15) is 18.3 Å². The molecule has 160 valence electrons. The second kappa shape index (κ2) is 8.44. The highest BCUT2D eigenvalue weighted by atomic mass is 32.2. The van der Waals surface area contributed by atoms with Gasteiger partial charge in [-0.25, -0.2) is 13.1 Å². The molecule has 2 aromatic carbocycles. The first kappa shape index (κ1) is 21.0. The molecule has 2 aliphatic heterocycles. The lowest BCUT2D eigenvalue weighted by Gasteiger charge is -2.21. The third kappa shape index (κ3) is 4.12. The molecule has 4 unspecified atom stereocenters. The zero-order valence-electron chi connectivity index (χ0n) is 16.2. The number of hydrogen-bond donors (Lipinski definition) is 3. The van der Waals surface area contributed by atoms with Crippen molar-refractivity contribution in [3.05, 3.63) is 60.2 Å². The Morgan fingerprint density at radius 2 is 1.70 bits per heavy atom. The summed E-state index contributed by atoms with van der Waals surface area (Å²) in [7, 11) is -3.77. The fourth-order valence-corrected chi connectivity index (χ4v) is 4.98. The van der Waals surface area contributed by atoms with Gasteiger partial charge in [0.05, 0.1) is 17.4 Å². The SMILES string of the molecule is O=C(CC1OC(CNS(=O)(=O)c2ccccc2)C(O)C1O)N1CCc2ccccc21. The summed E-state index contributed by atoms with van der Waals surface area (Å²) >= 11 is 0. The zero-order valence-corrected chi connectivity index (χ0v) is 17.0. The number of benzene rings is 2. The molecule has 3 N–H and O–H groups in total. The van der Waals surface area contributed by atoms with Crippen molar-refractivity contribution in [1.82, 2.24) is 4.72 Å². The number of sulfonamides is 1. The summed E-state index contributed by atoms with van der Waals surface area (Å²) in [5.41, 5.74) is 1.94. The topological polar surface area (TPSA) is 116 Å². The van der Waals surface area contributed by atoms with Gasteiger partial charge < -0.3 is 19.8 Å². The van der Waals surface area contributed by atoms with Crippen LogP contribution in [0.5, 0.6) is 0 Å². The number of fused-ring (bicyclic) bond motifs is 1. The molecule has 0 radical (unpaired) electrons. The van der Waals surface area contributed by atoms with Crippen LogP contribution in [0, 0.1) is 0 Å². The Bertz CT molecular complexity index is 1010. The molecule has 0 aliphatic carbocycles. The predicted molar refractivity (Wildman–Crippen MR) is 109 cm³/mol. The van der Waals surface area contributed by atoms with E-state index in [-0.39, 0.29) is 23.8 Å². The first-order valence-corrected chi connectivity index (χ1v) is 11.3.